The molecular formula is C22H26N4O5S. The molecule has 0 fully saturated rings. The van der Waals surface area contributed by atoms with E-state index in [1.807, 2.05) is 18.2 Å². The lowest BCUT2D eigenvalue weighted by Crippen LogP contribution is -2.38. The third kappa shape index (κ3) is 4.70. The van der Waals surface area contributed by atoms with Crippen molar-refractivity contribution in [1.29, 1.82) is 0 Å². The Morgan fingerprint density at radius 1 is 1.09 bits per heavy atom. The highest BCUT2D eigenvalue weighted by Gasteiger charge is 2.25. The zero-order valence-electron chi connectivity index (χ0n) is 18.4. The van der Waals surface area contributed by atoms with E-state index in [1.54, 1.807) is 62.0 Å². The molecule has 9 nitrogen and oxygen atoms in total. The number of ether oxygens (including phenoxy) is 1. The van der Waals surface area contributed by atoms with E-state index in [1.165, 1.54) is 4.68 Å². The molecule has 170 valence electrons. The van der Waals surface area contributed by atoms with Gasteiger partial charge in [-0.3, -0.25) is 18.6 Å². The monoisotopic (exact) mass is 458 g/mol. The number of nitrogens with one attached hydrogen (secondary N) is 1. The fourth-order valence-electron chi connectivity index (χ4n) is 3.34. The molecule has 0 radical (unpaired) electrons. The number of hydrogen-bond acceptors (Lipinski definition) is 5. The molecule has 1 amide bonds. The highest BCUT2D eigenvalue weighted by molar-refractivity contribution is 7.92. The summed E-state index contributed by atoms with van der Waals surface area (Å²) >= 11 is 0. The maximum absolute atomic E-state index is 13.0. The SMILES string of the molecule is CCOc1ccccc1N(CC(=O)Nc1c(C)n(C)n(-c2ccccc2)c1=O)S(C)(=O)=O. The molecule has 0 saturated heterocycles. The summed E-state index contributed by atoms with van der Waals surface area (Å²) in [7, 11) is -2.10. The molecule has 1 N–H and O–H groups in total. The first-order chi connectivity index (χ1) is 15.1. The molecule has 2 aromatic carbocycles. The number of benzene rings is 2. The summed E-state index contributed by atoms with van der Waals surface area (Å²) in [5, 5.41) is 2.59. The third-order valence-corrected chi connectivity index (χ3v) is 6.07. The Labute approximate surface area is 186 Å². The van der Waals surface area contributed by atoms with Gasteiger partial charge in [0.05, 0.1) is 29.9 Å². The molecule has 0 unspecified atom stereocenters. The van der Waals surface area contributed by atoms with Crippen LogP contribution in [0.2, 0.25) is 0 Å². The Hall–Kier alpha value is -3.53. The van der Waals surface area contributed by atoms with Crippen LogP contribution in [0.4, 0.5) is 11.4 Å². The number of carbonyl (C=O) groups excluding carboxylic acids is 1. The maximum atomic E-state index is 13.0. The van der Waals surface area contributed by atoms with Crippen molar-refractivity contribution in [2.24, 2.45) is 7.05 Å². The largest absolute Gasteiger partial charge is 0.492 e. The lowest BCUT2D eigenvalue weighted by atomic mass is 10.3. The van der Waals surface area contributed by atoms with Crippen LogP contribution in [0.3, 0.4) is 0 Å². The van der Waals surface area contributed by atoms with Crippen molar-refractivity contribution in [3.05, 3.63) is 70.6 Å². The minimum Gasteiger partial charge on any atom is -0.492 e. The Bertz CT molecular complexity index is 1280. The van der Waals surface area contributed by atoms with E-state index in [-0.39, 0.29) is 11.4 Å². The first-order valence-electron chi connectivity index (χ1n) is 9.98. The van der Waals surface area contributed by atoms with Gasteiger partial charge >= 0.3 is 0 Å². The smallest absolute Gasteiger partial charge is 0.295 e. The van der Waals surface area contributed by atoms with Crippen molar-refractivity contribution in [2.45, 2.75) is 13.8 Å². The number of para-hydroxylation sites is 3. The van der Waals surface area contributed by atoms with Gasteiger partial charge in [0.1, 0.15) is 18.0 Å². The molecule has 32 heavy (non-hydrogen) atoms. The second-order valence-corrected chi connectivity index (χ2v) is 9.06. The van der Waals surface area contributed by atoms with Gasteiger partial charge in [-0.25, -0.2) is 13.1 Å². The topological polar surface area (TPSA) is 103 Å². The van der Waals surface area contributed by atoms with Gasteiger partial charge in [-0.05, 0) is 38.1 Å². The van der Waals surface area contributed by atoms with Crippen LogP contribution in [-0.4, -0.2) is 43.1 Å². The van der Waals surface area contributed by atoms with Crippen LogP contribution in [-0.2, 0) is 21.9 Å². The van der Waals surface area contributed by atoms with Gasteiger partial charge in [0, 0.05) is 7.05 Å². The third-order valence-electron chi connectivity index (χ3n) is 4.94. The second-order valence-electron chi connectivity index (χ2n) is 7.16. The summed E-state index contributed by atoms with van der Waals surface area (Å²) in [6, 6.07) is 15.6. The summed E-state index contributed by atoms with van der Waals surface area (Å²) in [5.74, 6) is -0.303. The van der Waals surface area contributed by atoms with Crippen molar-refractivity contribution < 1.29 is 17.9 Å². The van der Waals surface area contributed by atoms with E-state index in [4.69, 9.17) is 4.74 Å². The molecule has 3 rings (SSSR count). The van der Waals surface area contributed by atoms with Gasteiger partial charge in [-0.15, -0.1) is 0 Å². The van der Waals surface area contributed by atoms with E-state index in [0.717, 1.165) is 10.6 Å². The van der Waals surface area contributed by atoms with Crippen molar-refractivity contribution >= 4 is 27.3 Å². The van der Waals surface area contributed by atoms with Gasteiger partial charge in [0.2, 0.25) is 15.9 Å². The predicted molar refractivity (Wildman–Crippen MR) is 124 cm³/mol. The normalized spacial score (nSPS) is 11.2. The van der Waals surface area contributed by atoms with Crippen molar-refractivity contribution in [1.82, 2.24) is 9.36 Å². The Balaban J connectivity index is 1.93. The maximum Gasteiger partial charge on any atom is 0.295 e. The summed E-state index contributed by atoms with van der Waals surface area (Å²) < 4.78 is 34.5. The summed E-state index contributed by atoms with van der Waals surface area (Å²) in [6.45, 7) is 3.31. The molecule has 10 heteroatoms. The second kappa shape index (κ2) is 9.31. The number of rotatable bonds is 8. The molecule has 0 bridgehead atoms. The molecular weight excluding hydrogens is 432 g/mol. The molecule has 0 aliphatic rings. The van der Waals surface area contributed by atoms with Crippen molar-refractivity contribution in [3.63, 3.8) is 0 Å². The molecule has 1 aromatic heterocycles. The predicted octanol–water partition coefficient (Wildman–Crippen LogP) is 2.29. The zero-order chi connectivity index (χ0) is 23.5. The Morgan fingerprint density at radius 2 is 1.72 bits per heavy atom. The van der Waals surface area contributed by atoms with Crippen LogP contribution >= 0.6 is 0 Å². The molecule has 0 aliphatic heterocycles. The van der Waals surface area contributed by atoms with E-state index < -0.39 is 28.0 Å². The minimum absolute atomic E-state index is 0.0906. The number of anilines is 2. The van der Waals surface area contributed by atoms with E-state index in [9.17, 15) is 18.0 Å². The van der Waals surface area contributed by atoms with Crippen molar-refractivity contribution in [2.75, 3.05) is 29.0 Å². The lowest BCUT2D eigenvalue weighted by molar-refractivity contribution is -0.114. The molecule has 0 spiro atoms. The van der Waals surface area contributed by atoms with Gasteiger partial charge in [-0.1, -0.05) is 30.3 Å². The fraction of sp³-hybridized carbons (Fsp3) is 0.273. The van der Waals surface area contributed by atoms with Gasteiger partial charge in [0.15, 0.2) is 0 Å². The highest BCUT2D eigenvalue weighted by Crippen LogP contribution is 2.29. The van der Waals surface area contributed by atoms with Crippen LogP contribution < -0.4 is 19.9 Å². The lowest BCUT2D eigenvalue weighted by Gasteiger charge is -2.24. The van der Waals surface area contributed by atoms with Crippen LogP contribution in [0.15, 0.2) is 59.4 Å². The van der Waals surface area contributed by atoms with Crippen LogP contribution in [0, 0.1) is 6.92 Å². The minimum atomic E-state index is -3.81. The first kappa shape index (κ1) is 23.1. The number of aromatic nitrogens is 2. The highest BCUT2D eigenvalue weighted by atomic mass is 32.2. The average Bonchev–Trinajstić information content (AvgIpc) is 2.96. The Morgan fingerprint density at radius 3 is 2.34 bits per heavy atom. The standard InChI is InChI=1S/C22H26N4O5S/c1-5-31-19-14-10-9-13-18(19)25(32(4,29)30)15-20(27)23-21-16(2)24(3)26(22(21)28)17-11-7-6-8-12-17/h6-14H,5,15H2,1-4H3,(H,23,27). The number of amides is 1. The molecule has 3 aromatic rings. The van der Waals surface area contributed by atoms with Gasteiger partial charge < -0.3 is 10.1 Å². The quantitative estimate of drug-likeness (QED) is 0.558. The summed E-state index contributed by atoms with van der Waals surface area (Å²) in [4.78, 5) is 25.9. The number of hydrogen-bond donors (Lipinski definition) is 1. The molecule has 0 saturated carbocycles. The fourth-order valence-corrected chi connectivity index (χ4v) is 4.20. The van der Waals surface area contributed by atoms with E-state index in [2.05, 4.69) is 5.32 Å². The molecule has 0 aliphatic carbocycles. The van der Waals surface area contributed by atoms with Gasteiger partial charge in [-0.2, -0.15) is 0 Å². The van der Waals surface area contributed by atoms with Crippen LogP contribution in [0.5, 0.6) is 5.75 Å². The van der Waals surface area contributed by atoms with Crippen LogP contribution in [0.1, 0.15) is 12.6 Å². The van der Waals surface area contributed by atoms with Gasteiger partial charge in [0.25, 0.3) is 5.56 Å². The number of carbonyl (C=O) groups is 1. The number of sulfonamides is 1. The van der Waals surface area contributed by atoms with E-state index >= 15 is 0 Å². The molecule has 1 heterocycles. The summed E-state index contributed by atoms with van der Waals surface area (Å²) in [5.41, 5.74) is 1.11. The van der Waals surface area contributed by atoms with Crippen LogP contribution in [0.25, 0.3) is 5.69 Å². The van der Waals surface area contributed by atoms with E-state index in [0.29, 0.717) is 23.7 Å². The Kier molecular flexibility index (Phi) is 6.73. The zero-order valence-corrected chi connectivity index (χ0v) is 19.2. The first-order valence-corrected chi connectivity index (χ1v) is 11.8. The average molecular weight is 459 g/mol. The summed E-state index contributed by atoms with van der Waals surface area (Å²) in [6.07, 6.45) is 1.01. The van der Waals surface area contributed by atoms with Crippen molar-refractivity contribution in [3.8, 4) is 11.4 Å². The number of nitrogens with zero attached hydrogens (tertiary/aromatic N) is 3. The molecule has 0 atom stereocenters.